The van der Waals surface area contributed by atoms with Crippen LogP contribution in [0.25, 0.3) is 0 Å². The van der Waals surface area contributed by atoms with Crippen molar-refractivity contribution in [2.24, 2.45) is 0 Å². The Morgan fingerprint density at radius 1 is 1.24 bits per heavy atom. The molecule has 2 aromatic rings. The maximum Gasteiger partial charge on any atom is 0.337 e. The molecule has 2 rings (SSSR count). The molecule has 4 heteroatoms. The van der Waals surface area contributed by atoms with Gasteiger partial charge in [-0.05, 0) is 36.1 Å². The van der Waals surface area contributed by atoms with Gasteiger partial charge >= 0.3 is 5.97 Å². The zero-order valence-electron chi connectivity index (χ0n) is 11.8. The van der Waals surface area contributed by atoms with Crippen molar-refractivity contribution >= 4 is 23.3 Å². The van der Waals surface area contributed by atoms with Crippen LogP contribution in [0, 0.1) is 0 Å². The number of carbonyl (C=O) groups is 1. The van der Waals surface area contributed by atoms with Gasteiger partial charge in [0, 0.05) is 12.2 Å². The van der Waals surface area contributed by atoms with Crippen molar-refractivity contribution in [1.29, 1.82) is 0 Å². The number of aromatic carboxylic acids is 1. The molecule has 1 atom stereocenters. The summed E-state index contributed by atoms with van der Waals surface area (Å²) < 4.78 is 0. The van der Waals surface area contributed by atoms with Gasteiger partial charge in [-0.1, -0.05) is 48.9 Å². The van der Waals surface area contributed by atoms with E-state index in [1.807, 2.05) is 18.2 Å². The Labute approximate surface area is 129 Å². The quantitative estimate of drug-likeness (QED) is 0.817. The first kappa shape index (κ1) is 15.4. The smallest absolute Gasteiger partial charge is 0.337 e. The zero-order chi connectivity index (χ0) is 15.2. The Bertz CT molecular complexity index is 613. The normalized spacial score (nSPS) is 11.9. The number of carboxylic acids is 1. The molecule has 0 fully saturated rings. The van der Waals surface area contributed by atoms with Gasteiger partial charge < -0.3 is 10.4 Å². The van der Waals surface area contributed by atoms with Gasteiger partial charge in [0.05, 0.1) is 10.6 Å². The van der Waals surface area contributed by atoms with E-state index < -0.39 is 5.97 Å². The largest absolute Gasteiger partial charge is 0.478 e. The number of halogens is 1. The molecule has 0 aliphatic rings. The Balaban J connectivity index is 1.89. The van der Waals surface area contributed by atoms with Gasteiger partial charge in [-0.2, -0.15) is 0 Å². The van der Waals surface area contributed by atoms with Gasteiger partial charge in [0.2, 0.25) is 0 Å². The van der Waals surface area contributed by atoms with Crippen LogP contribution in [0.3, 0.4) is 0 Å². The number of nitrogens with one attached hydrogen (secondary N) is 1. The molecule has 2 N–H and O–H groups in total. The highest BCUT2D eigenvalue weighted by atomic mass is 35.5. The van der Waals surface area contributed by atoms with Crippen molar-refractivity contribution in [3.05, 3.63) is 64.7 Å². The molecule has 110 valence electrons. The van der Waals surface area contributed by atoms with Crippen molar-refractivity contribution < 1.29 is 9.90 Å². The minimum Gasteiger partial charge on any atom is -0.478 e. The lowest BCUT2D eigenvalue weighted by Crippen LogP contribution is -2.06. The van der Waals surface area contributed by atoms with Crippen molar-refractivity contribution in [2.45, 2.75) is 19.3 Å². The first-order valence-corrected chi connectivity index (χ1v) is 7.27. The second-order valence-electron chi connectivity index (χ2n) is 5.03. The molecule has 0 saturated heterocycles. The van der Waals surface area contributed by atoms with E-state index in [-0.39, 0.29) is 10.6 Å². The van der Waals surface area contributed by atoms with Crippen LogP contribution in [-0.2, 0) is 0 Å². The number of hydrogen-bond acceptors (Lipinski definition) is 2. The Hall–Kier alpha value is -2.00. The summed E-state index contributed by atoms with van der Waals surface area (Å²) in [5.41, 5.74) is 2.28. The summed E-state index contributed by atoms with van der Waals surface area (Å²) >= 11 is 5.94. The average molecular weight is 304 g/mol. The van der Waals surface area contributed by atoms with Gasteiger partial charge in [-0.3, -0.25) is 0 Å². The minimum atomic E-state index is -1.01. The SMILES string of the molecule is CC(CCNc1ccc(C(=O)O)c(Cl)c1)c1ccccc1. The van der Waals surface area contributed by atoms with E-state index >= 15 is 0 Å². The van der Waals surface area contributed by atoms with E-state index in [0.717, 1.165) is 18.7 Å². The third kappa shape index (κ3) is 4.23. The van der Waals surface area contributed by atoms with E-state index in [1.54, 1.807) is 12.1 Å². The first-order valence-electron chi connectivity index (χ1n) is 6.89. The molecule has 2 aromatic carbocycles. The van der Waals surface area contributed by atoms with Crippen molar-refractivity contribution in [3.63, 3.8) is 0 Å². The Morgan fingerprint density at radius 3 is 2.57 bits per heavy atom. The van der Waals surface area contributed by atoms with E-state index in [9.17, 15) is 4.79 Å². The highest BCUT2D eigenvalue weighted by molar-refractivity contribution is 6.33. The van der Waals surface area contributed by atoms with Gasteiger partial charge in [0.15, 0.2) is 0 Å². The van der Waals surface area contributed by atoms with Crippen LogP contribution in [0.2, 0.25) is 5.02 Å². The summed E-state index contributed by atoms with van der Waals surface area (Å²) in [4.78, 5) is 10.9. The topological polar surface area (TPSA) is 49.3 Å². The van der Waals surface area contributed by atoms with Gasteiger partial charge in [0.1, 0.15) is 0 Å². The number of carboxylic acid groups (broad SMARTS) is 1. The number of hydrogen-bond donors (Lipinski definition) is 2. The summed E-state index contributed by atoms with van der Waals surface area (Å²) in [6.07, 6.45) is 0.988. The molecule has 0 aliphatic carbocycles. The molecule has 0 radical (unpaired) electrons. The fourth-order valence-corrected chi connectivity index (χ4v) is 2.44. The second kappa shape index (κ2) is 7.14. The van der Waals surface area contributed by atoms with Gasteiger partial charge in [-0.25, -0.2) is 4.79 Å². The summed E-state index contributed by atoms with van der Waals surface area (Å²) in [5, 5.41) is 12.5. The highest BCUT2D eigenvalue weighted by Crippen LogP contribution is 2.22. The maximum absolute atomic E-state index is 10.9. The predicted octanol–water partition coefficient (Wildman–Crippen LogP) is 4.64. The van der Waals surface area contributed by atoms with E-state index in [0.29, 0.717) is 5.92 Å². The monoisotopic (exact) mass is 303 g/mol. The second-order valence-corrected chi connectivity index (χ2v) is 5.43. The fraction of sp³-hybridized carbons (Fsp3) is 0.235. The summed E-state index contributed by atoms with van der Waals surface area (Å²) in [6, 6.07) is 15.3. The Kier molecular flexibility index (Phi) is 5.23. The molecule has 0 heterocycles. The van der Waals surface area contributed by atoms with E-state index in [1.165, 1.54) is 11.6 Å². The Morgan fingerprint density at radius 2 is 1.95 bits per heavy atom. The first-order chi connectivity index (χ1) is 10.1. The highest BCUT2D eigenvalue weighted by Gasteiger charge is 2.09. The molecule has 21 heavy (non-hydrogen) atoms. The van der Waals surface area contributed by atoms with Crippen LogP contribution >= 0.6 is 11.6 Å². The van der Waals surface area contributed by atoms with Crippen LogP contribution in [0.15, 0.2) is 48.5 Å². The summed E-state index contributed by atoms with van der Waals surface area (Å²) in [7, 11) is 0. The lowest BCUT2D eigenvalue weighted by molar-refractivity contribution is 0.0697. The third-order valence-electron chi connectivity index (χ3n) is 3.47. The molecule has 0 spiro atoms. The van der Waals surface area contributed by atoms with Gasteiger partial charge in [0.25, 0.3) is 0 Å². The average Bonchev–Trinajstić information content (AvgIpc) is 2.47. The van der Waals surface area contributed by atoms with Crippen molar-refractivity contribution in [1.82, 2.24) is 0 Å². The predicted molar refractivity (Wildman–Crippen MR) is 86.4 cm³/mol. The lowest BCUT2D eigenvalue weighted by Gasteiger charge is -2.13. The molecule has 3 nitrogen and oxygen atoms in total. The molecular weight excluding hydrogens is 286 g/mol. The zero-order valence-corrected chi connectivity index (χ0v) is 12.6. The van der Waals surface area contributed by atoms with Crippen LogP contribution in [-0.4, -0.2) is 17.6 Å². The standard InChI is InChI=1S/C17H18ClNO2/c1-12(13-5-3-2-4-6-13)9-10-19-14-7-8-15(17(20)21)16(18)11-14/h2-8,11-12,19H,9-10H2,1H3,(H,20,21). The van der Waals surface area contributed by atoms with Crippen LogP contribution in [0.5, 0.6) is 0 Å². The molecule has 0 aromatic heterocycles. The third-order valence-corrected chi connectivity index (χ3v) is 3.79. The van der Waals surface area contributed by atoms with E-state index in [2.05, 4.69) is 24.4 Å². The van der Waals surface area contributed by atoms with Crippen LogP contribution in [0.4, 0.5) is 5.69 Å². The lowest BCUT2D eigenvalue weighted by atomic mass is 9.98. The number of rotatable bonds is 6. The summed E-state index contributed by atoms with van der Waals surface area (Å²) in [6.45, 7) is 3.00. The number of anilines is 1. The number of benzene rings is 2. The van der Waals surface area contributed by atoms with Crippen molar-refractivity contribution in [3.8, 4) is 0 Å². The van der Waals surface area contributed by atoms with E-state index in [4.69, 9.17) is 16.7 Å². The maximum atomic E-state index is 10.9. The minimum absolute atomic E-state index is 0.125. The van der Waals surface area contributed by atoms with Crippen molar-refractivity contribution in [2.75, 3.05) is 11.9 Å². The van der Waals surface area contributed by atoms with Gasteiger partial charge in [-0.15, -0.1) is 0 Å². The van der Waals surface area contributed by atoms with Crippen LogP contribution < -0.4 is 5.32 Å². The fourth-order valence-electron chi connectivity index (χ4n) is 2.18. The molecule has 1 unspecified atom stereocenters. The summed E-state index contributed by atoms with van der Waals surface area (Å²) in [5.74, 6) is -0.545. The molecule has 0 bridgehead atoms. The molecular formula is C17H18ClNO2. The van der Waals surface area contributed by atoms with Crippen LogP contribution in [0.1, 0.15) is 35.2 Å². The molecule has 0 amide bonds. The molecule has 0 saturated carbocycles. The molecule has 0 aliphatic heterocycles.